The summed E-state index contributed by atoms with van der Waals surface area (Å²) >= 11 is 0. The lowest BCUT2D eigenvalue weighted by Crippen LogP contribution is -2.24. The number of aromatic nitrogens is 1. The van der Waals surface area contributed by atoms with Crippen LogP contribution in [0.15, 0.2) is 42.6 Å². The molecule has 3 rings (SSSR count). The van der Waals surface area contributed by atoms with Crippen LogP contribution in [0.4, 0.5) is 11.5 Å². The van der Waals surface area contributed by atoms with Gasteiger partial charge in [0.15, 0.2) is 0 Å². The largest absolute Gasteiger partial charge is 0.370 e. The molecular formula is C22H29N3O. The molecule has 4 heteroatoms. The molecule has 1 aliphatic heterocycles. The van der Waals surface area contributed by atoms with Crippen molar-refractivity contribution in [2.45, 2.75) is 51.9 Å². The van der Waals surface area contributed by atoms with Crippen LogP contribution in [0, 0.1) is 0 Å². The van der Waals surface area contributed by atoms with E-state index in [1.807, 2.05) is 36.5 Å². The van der Waals surface area contributed by atoms with Crippen LogP contribution < -0.4 is 10.2 Å². The third-order valence-electron chi connectivity index (χ3n) is 4.97. The summed E-state index contributed by atoms with van der Waals surface area (Å²) in [6, 6.07) is 11.7. The van der Waals surface area contributed by atoms with E-state index in [4.69, 9.17) is 0 Å². The minimum absolute atomic E-state index is 0.0831. The molecule has 2 heterocycles. The van der Waals surface area contributed by atoms with Gasteiger partial charge in [0.05, 0.1) is 11.9 Å². The molecule has 1 fully saturated rings. The maximum Gasteiger partial charge on any atom is 0.256 e. The Morgan fingerprint density at radius 3 is 2.15 bits per heavy atom. The average Bonchev–Trinajstić information content (AvgIpc) is 2.91. The van der Waals surface area contributed by atoms with Gasteiger partial charge in [0.25, 0.3) is 5.91 Å². The Morgan fingerprint density at radius 1 is 0.962 bits per heavy atom. The van der Waals surface area contributed by atoms with Crippen molar-refractivity contribution in [3.63, 3.8) is 0 Å². The molecule has 1 aliphatic rings. The van der Waals surface area contributed by atoms with E-state index in [0.29, 0.717) is 11.4 Å². The van der Waals surface area contributed by atoms with Gasteiger partial charge in [-0.15, -0.1) is 0 Å². The molecule has 4 nitrogen and oxygen atoms in total. The van der Waals surface area contributed by atoms with Crippen molar-refractivity contribution in [2.75, 3.05) is 23.3 Å². The fourth-order valence-electron chi connectivity index (χ4n) is 3.29. The van der Waals surface area contributed by atoms with Gasteiger partial charge < -0.3 is 10.2 Å². The molecule has 0 aliphatic carbocycles. The lowest BCUT2D eigenvalue weighted by Gasteiger charge is -2.22. The maximum atomic E-state index is 12.4. The van der Waals surface area contributed by atoms with Crippen molar-refractivity contribution in [3.8, 4) is 0 Å². The Morgan fingerprint density at radius 2 is 1.62 bits per heavy atom. The molecule has 1 saturated heterocycles. The molecule has 1 amide bonds. The molecule has 0 unspecified atom stereocenters. The Labute approximate surface area is 156 Å². The first-order valence-electron chi connectivity index (χ1n) is 9.56. The summed E-state index contributed by atoms with van der Waals surface area (Å²) in [5.74, 6) is 0.467. The monoisotopic (exact) mass is 351 g/mol. The minimum Gasteiger partial charge on any atom is -0.370 e. The molecule has 1 aromatic heterocycles. The first-order chi connectivity index (χ1) is 12.4. The Bertz CT molecular complexity index is 721. The Hall–Kier alpha value is -2.36. The summed E-state index contributed by atoms with van der Waals surface area (Å²) in [6.07, 6.45) is 6.97. The van der Waals surface area contributed by atoms with Crippen molar-refractivity contribution in [1.29, 1.82) is 0 Å². The summed E-state index contributed by atoms with van der Waals surface area (Å²) in [5, 5.41) is 2.89. The lowest BCUT2D eigenvalue weighted by molar-refractivity contribution is 0.102. The van der Waals surface area contributed by atoms with Gasteiger partial charge in [-0.25, -0.2) is 4.98 Å². The molecular weight excluding hydrogens is 322 g/mol. The number of benzene rings is 1. The fourth-order valence-corrected chi connectivity index (χ4v) is 3.29. The molecule has 0 spiro atoms. The predicted molar refractivity (Wildman–Crippen MR) is 108 cm³/mol. The van der Waals surface area contributed by atoms with Crippen molar-refractivity contribution in [2.24, 2.45) is 0 Å². The van der Waals surface area contributed by atoms with Crippen LogP contribution in [0.25, 0.3) is 0 Å². The Balaban J connectivity index is 1.64. The molecule has 1 aromatic carbocycles. The fraction of sp³-hybridized carbons (Fsp3) is 0.455. The van der Waals surface area contributed by atoms with Crippen LogP contribution in [0.1, 0.15) is 62.4 Å². The molecule has 2 aromatic rings. The van der Waals surface area contributed by atoms with Crippen molar-refractivity contribution < 1.29 is 4.79 Å². The number of nitrogens with zero attached hydrogens (tertiary/aromatic N) is 2. The summed E-state index contributed by atoms with van der Waals surface area (Å²) in [7, 11) is 0. The van der Waals surface area contributed by atoms with Gasteiger partial charge in [0.2, 0.25) is 0 Å². The van der Waals surface area contributed by atoms with Crippen LogP contribution in [0.5, 0.6) is 0 Å². The number of anilines is 2. The normalized spacial score (nSPS) is 15.4. The number of carbonyl (C=O) groups is 1. The van der Waals surface area contributed by atoms with E-state index in [-0.39, 0.29) is 11.3 Å². The number of pyridine rings is 1. The molecule has 138 valence electrons. The second-order valence-corrected chi connectivity index (χ2v) is 8.08. The van der Waals surface area contributed by atoms with E-state index in [0.717, 1.165) is 18.8 Å². The van der Waals surface area contributed by atoms with Crippen LogP contribution in [-0.4, -0.2) is 24.0 Å². The number of amides is 1. The highest BCUT2D eigenvalue weighted by Gasteiger charge is 2.15. The van der Waals surface area contributed by atoms with E-state index >= 15 is 0 Å². The number of carbonyl (C=O) groups excluding carboxylic acids is 1. The number of hydrogen-bond donors (Lipinski definition) is 1. The number of rotatable bonds is 3. The standard InChI is InChI=1S/C22H29N3O/c1-22(2,3)18-10-8-17(9-11-18)21(26)24-20-13-12-19(16-23-20)25-14-6-4-5-7-15-25/h8-13,16H,4-7,14-15H2,1-3H3,(H,23,24,26). The van der Waals surface area contributed by atoms with Crippen LogP contribution in [0.2, 0.25) is 0 Å². The lowest BCUT2D eigenvalue weighted by atomic mass is 9.87. The van der Waals surface area contributed by atoms with Gasteiger partial charge in [0.1, 0.15) is 5.82 Å². The summed E-state index contributed by atoms with van der Waals surface area (Å²) < 4.78 is 0. The highest BCUT2D eigenvalue weighted by molar-refractivity contribution is 6.03. The highest BCUT2D eigenvalue weighted by atomic mass is 16.1. The van der Waals surface area contributed by atoms with Gasteiger partial charge in [-0.1, -0.05) is 45.7 Å². The summed E-state index contributed by atoms with van der Waals surface area (Å²) in [5.41, 5.74) is 3.09. The van der Waals surface area contributed by atoms with Gasteiger partial charge >= 0.3 is 0 Å². The second kappa shape index (κ2) is 7.90. The van der Waals surface area contributed by atoms with E-state index < -0.39 is 0 Å². The third-order valence-corrected chi connectivity index (χ3v) is 4.97. The molecule has 0 radical (unpaired) electrons. The molecule has 26 heavy (non-hydrogen) atoms. The van der Waals surface area contributed by atoms with E-state index in [2.05, 4.69) is 42.0 Å². The third kappa shape index (κ3) is 4.63. The van der Waals surface area contributed by atoms with E-state index in [1.165, 1.54) is 31.2 Å². The van der Waals surface area contributed by atoms with Crippen LogP contribution >= 0.6 is 0 Å². The van der Waals surface area contributed by atoms with Crippen molar-refractivity contribution >= 4 is 17.4 Å². The zero-order valence-corrected chi connectivity index (χ0v) is 16.1. The molecule has 0 saturated carbocycles. The summed E-state index contributed by atoms with van der Waals surface area (Å²) in [6.45, 7) is 8.68. The number of hydrogen-bond acceptors (Lipinski definition) is 3. The average molecular weight is 351 g/mol. The van der Waals surface area contributed by atoms with Crippen molar-refractivity contribution in [1.82, 2.24) is 4.98 Å². The maximum absolute atomic E-state index is 12.4. The van der Waals surface area contributed by atoms with Crippen molar-refractivity contribution in [3.05, 3.63) is 53.7 Å². The minimum atomic E-state index is -0.125. The first-order valence-corrected chi connectivity index (χ1v) is 9.56. The molecule has 1 N–H and O–H groups in total. The topological polar surface area (TPSA) is 45.2 Å². The molecule has 0 atom stereocenters. The van der Waals surface area contributed by atoms with Gasteiger partial charge in [-0.2, -0.15) is 0 Å². The second-order valence-electron chi connectivity index (χ2n) is 8.08. The molecule has 0 bridgehead atoms. The zero-order valence-electron chi connectivity index (χ0n) is 16.1. The number of nitrogens with one attached hydrogen (secondary N) is 1. The van der Waals surface area contributed by atoms with Gasteiger partial charge in [-0.05, 0) is 48.1 Å². The zero-order chi connectivity index (χ0) is 18.6. The summed E-state index contributed by atoms with van der Waals surface area (Å²) in [4.78, 5) is 19.3. The smallest absolute Gasteiger partial charge is 0.256 e. The van der Waals surface area contributed by atoms with Gasteiger partial charge in [-0.3, -0.25) is 4.79 Å². The van der Waals surface area contributed by atoms with E-state index in [1.54, 1.807) is 0 Å². The highest BCUT2D eigenvalue weighted by Crippen LogP contribution is 2.23. The van der Waals surface area contributed by atoms with E-state index in [9.17, 15) is 4.79 Å². The predicted octanol–water partition coefficient (Wildman–Crippen LogP) is 5.01. The van der Waals surface area contributed by atoms with Gasteiger partial charge in [0, 0.05) is 18.7 Å². The quantitative estimate of drug-likeness (QED) is 0.845. The SMILES string of the molecule is CC(C)(C)c1ccc(C(=O)Nc2ccc(N3CCCCCC3)cn2)cc1. The van der Waals surface area contributed by atoms with Crippen LogP contribution in [0.3, 0.4) is 0 Å². The Kier molecular flexibility index (Phi) is 5.60. The van der Waals surface area contributed by atoms with Crippen LogP contribution in [-0.2, 0) is 5.41 Å². The first kappa shape index (κ1) is 18.4.